The maximum atomic E-state index is 13.6. The molecule has 1 atom stereocenters. The molecule has 1 aliphatic heterocycles. The van der Waals surface area contributed by atoms with Gasteiger partial charge in [-0.1, -0.05) is 59.9 Å². The Morgan fingerprint density at radius 3 is 2.56 bits per heavy atom. The highest BCUT2D eigenvalue weighted by atomic mass is 35.5. The van der Waals surface area contributed by atoms with Crippen molar-refractivity contribution in [1.29, 1.82) is 0 Å². The van der Waals surface area contributed by atoms with Crippen molar-refractivity contribution >= 4 is 35.0 Å². The van der Waals surface area contributed by atoms with Gasteiger partial charge in [0, 0.05) is 5.02 Å². The highest BCUT2D eigenvalue weighted by Crippen LogP contribution is 2.31. The minimum atomic E-state index is -0.687. The number of hydrogen-bond donors (Lipinski definition) is 0. The first-order valence-corrected chi connectivity index (χ1v) is 11.9. The van der Waals surface area contributed by atoms with Crippen LogP contribution >= 0.6 is 22.9 Å². The van der Waals surface area contributed by atoms with E-state index >= 15 is 0 Å². The molecule has 8 heteroatoms. The Bertz CT molecular complexity index is 1430. The third kappa shape index (κ3) is 4.76. The number of fused-ring (bicyclic) bond motifs is 1. The molecule has 6 nitrogen and oxygen atoms in total. The van der Waals surface area contributed by atoms with Gasteiger partial charge in [-0.25, -0.2) is 9.79 Å². The van der Waals surface area contributed by atoms with E-state index in [4.69, 9.17) is 21.1 Å². The quantitative estimate of drug-likeness (QED) is 0.367. The standard InChI is InChI=1S/C26H23ClN2O4S/c1-4-14-33-25(31)22-16(3)28-26-29(23(22)18-8-10-19(27)11-9-18)24(30)21(34-26)15-17-6-12-20(13-7-17)32-5-2/h4,6-13,15,23H,1,5,14H2,2-3H3. The van der Waals surface area contributed by atoms with Crippen LogP contribution in [0.15, 0.2) is 82.2 Å². The zero-order chi connectivity index (χ0) is 24.2. The maximum Gasteiger partial charge on any atom is 0.338 e. The molecule has 174 valence electrons. The number of allylic oxidation sites excluding steroid dienone is 1. The lowest BCUT2D eigenvalue weighted by atomic mass is 9.96. The van der Waals surface area contributed by atoms with Gasteiger partial charge in [-0.15, -0.1) is 0 Å². The molecule has 0 spiro atoms. The monoisotopic (exact) mass is 494 g/mol. The van der Waals surface area contributed by atoms with E-state index in [9.17, 15) is 9.59 Å². The second-order valence-electron chi connectivity index (χ2n) is 7.52. The van der Waals surface area contributed by atoms with Crippen LogP contribution in [0.5, 0.6) is 5.75 Å². The summed E-state index contributed by atoms with van der Waals surface area (Å²) in [4.78, 5) is 31.6. The van der Waals surface area contributed by atoms with Crippen molar-refractivity contribution in [2.24, 2.45) is 4.99 Å². The third-order valence-electron chi connectivity index (χ3n) is 5.25. The number of thiazole rings is 1. The van der Waals surface area contributed by atoms with Crippen LogP contribution in [-0.2, 0) is 9.53 Å². The predicted molar refractivity (Wildman–Crippen MR) is 134 cm³/mol. The fourth-order valence-electron chi connectivity index (χ4n) is 3.73. The van der Waals surface area contributed by atoms with E-state index in [0.29, 0.717) is 32.2 Å². The highest BCUT2D eigenvalue weighted by molar-refractivity contribution is 7.07. The lowest BCUT2D eigenvalue weighted by Gasteiger charge is -2.24. The van der Waals surface area contributed by atoms with Crippen molar-refractivity contribution in [2.45, 2.75) is 19.9 Å². The summed E-state index contributed by atoms with van der Waals surface area (Å²) in [5, 5.41) is 0.558. The molecule has 2 aromatic carbocycles. The summed E-state index contributed by atoms with van der Waals surface area (Å²) in [6.07, 6.45) is 3.31. The van der Waals surface area contributed by atoms with Gasteiger partial charge in [0.15, 0.2) is 4.80 Å². The van der Waals surface area contributed by atoms with Gasteiger partial charge in [-0.3, -0.25) is 9.36 Å². The number of hydrogen-bond acceptors (Lipinski definition) is 6. The van der Waals surface area contributed by atoms with Gasteiger partial charge in [0.05, 0.1) is 28.5 Å². The van der Waals surface area contributed by atoms with Gasteiger partial charge in [-0.05, 0) is 55.3 Å². The van der Waals surface area contributed by atoms with Gasteiger partial charge in [-0.2, -0.15) is 0 Å². The average Bonchev–Trinajstić information content (AvgIpc) is 3.13. The van der Waals surface area contributed by atoms with Crippen LogP contribution in [0.4, 0.5) is 0 Å². The molecule has 4 rings (SSSR count). The number of halogens is 1. The molecule has 0 bridgehead atoms. The third-order valence-corrected chi connectivity index (χ3v) is 6.48. The number of ether oxygens (including phenoxy) is 2. The Balaban J connectivity index is 1.86. The lowest BCUT2D eigenvalue weighted by Crippen LogP contribution is -2.39. The van der Waals surface area contributed by atoms with Crippen molar-refractivity contribution in [3.63, 3.8) is 0 Å². The second-order valence-corrected chi connectivity index (χ2v) is 8.97. The molecule has 0 saturated carbocycles. The molecule has 0 N–H and O–H groups in total. The molecular weight excluding hydrogens is 472 g/mol. The van der Waals surface area contributed by atoms with Crippen LogP contribution in [-0.4, -0.2) is 23.8 Å². The SMILES string of the molecule is C=CCOC(=O)C1=C(C)N=c2sc(=Cc3ccc(OCC)cc3)c(=O)n2C1c1ccc(Cl)cc1. The smallest absolute Gasteiger partial charge is 0.338 e. The summed E-state index contributed by atoms with van der Waals surface area (Å²) in [5.41, 5.74) is 2.17. The van der Waals surface area contributed by atoms with Crippen molar-refractivity contribution in [3.8, 4) is 5.75 Å². The molecule has 0 saturated heterocycles. The summed E-state index contributed by atoms with van der Waals surface area (Å²) < 4.78 is 12.9. The Morgan fingerprint density at radius 2 is 1.91 bits per heavy atom. The number of esters is 1. The van der Waals surface area contributed by atoms with Crippen LogP contribution in [0, 0.1) is 0 Å². The Kier molecular flexibility index (Phi) is 7.14. The van der Waals surface area contributed by atoms with Crippen LogP contribution in [0.25, 0.3) is 6.08 Å². The number of carbonyl (C=O) groups is 1. The average molecular weight is 495 g/mol. The van der Waals surface area contributed by atoms with Crippen molar-refractivity contribution in [3.05, 3.63) is 108 Å². The molecule has 2 heterocycles. The molecule has 0 fully saturated rings. The van der Waals surface area contributed by atoms with Gasteiger partial charge in [0.25, 0.3) is 5.56 Å². The molecular formula is C26H23ClN2O4S. The van der Waals surface area contributed by atoms with E-state index in [1.165, 1.54) is 17.4 Å². The summed E-state index contributed by atoms with van der Waals surface area (Å²) in [7, 11) is 0. The minimum absolute atomic E-state index is 0.0606. The first kappa shape index (κ1) is 23.7. The number of rotatable bonds is 7. The number of benzene rings is 2. The second kappa shape index (κ2) is 10.2. The lowest BCUT2D eigenvalue weighted by molar-refractivity contribution is -0.138. The Labute approximate surface area is 205 Å². The van der Waals surface area contributed by atoms with Crippen LogP contribution < -0.4 is 19.6 Å². The van der Waals surface area contributed by atoms with E-state index in [1.54, 1.807) is 35.8 Å². The van der Waals surface area contributed by atoms with Crippen molar-refractivity contribution in [2.75, 3.05) is 13.2 Å². The van der Waals surface area contributed by atoms with Gasteiger partial charge in [0.1, 0.15) is 12.4 Å². The topological polar surface area (TPSA) is 69.9 Å². The number of carbonyl (C=O) groups excluding carboxylic acids is 1. The molecule has 1 aromatic heterocycles. The number of nitrogens with zero attached hydrogens (tertiary/aromatic N) is 2. The van der Waals surface area contributed by atoms with E-state index < -0.39 is 12.0 Å². The summed E-state index contributed by atoms with van der Waals surface area (Å²) in [6, 6.07) is 13.9. The van der Waals surface area contributed by atoms with Crippen LogP contribution in [0.3, 0.4) is 0 Å². The maximum absolute atomic E-state index is 13.6. The molecule has 0 amide bonds. The fraction of sp³-hybridized carbons (Fsp3) is 0.192. The van der Waals surface area contributed by atoms with Crippen LogP contribution in [0.2, 0.25) is 5.02 Å². The highest BCUT2D eigenvalue weighted by Gasteiger charge is 2.33. The zero-order valence-electron chi connectivity index (χ0n) is 18.8. The normalized spacial score (nSPS) is 15.5. The van der Waals surface area contributed by atoms with Gasteiger partial charge >= 0.3 is 5.97 Å². The number of aromatic nitrogens is 1. The predicted octanol–water partition coefficient (Wildman–Crippen LogP) is 4.02. The van der Waals surface area contributed by atoms with Crippen molar-refractivity contribution in [1.82, 2.24) is 4.57 Å². The van der Waals surface area contributed by atoms with E-state index in [2.05, 4.69) is 11.6 Å². The molecule has 1 aliphatic rings. The molecule has 1 unspecified atom stereocenters. The van der Waals surface area contributed by atoms with Gasteiger partial charge < -0.3 is 9.47 Å². The summed E-state index contributed by atoms with van der Waals surface area (Å²) in [6.45, 7) is 7.91. The Hall–Kier alpha value is -3.42. The summed E-state index contributed by atoms with van der Waals surface area (Å²) in [5.74, 6) is 0.226. The molecule has 0 aliphatic carbocycles. The fourth-order valence-corrected chi connectivity index (χ4v) is 4.91. The zero-order valence-corrected chi connectivity index (χ0v) is 20.4. The first-order valence-electron chi connectivity index (χ1n) is 10.7. The van der Waals surface area contributed by atoms with Crippen molar-refractivity contribution < 1.29 is 14.3 Å². The van der Waals surface area contributed by atoms with E-state index in [1.807, 2.05) is 37.3 Å². The minimum Gasteiger partial charge on any atom is -0.494 e. The van der Waals surface area contributed by atoms with E-state index in [0.717, 1.165) is 16.9 Å². The van der Waals surface area contributed by atoms with Gasteiger partial charge in [0.2, 0.25) is 0 Å². The van der Waals surface area contributed by atoms with E-state index in [-0.39, 0.29) is 12.2 Å². The molecule has 3 aromatic rings. The Morgan fingerprint density at radius 1 is 1.21 bits per heavy atom. The first-order chi connectivity index (χ1) is 16.4. The largest absolute Gasteiger partial charge is 0.494 e. The molecule has 34 heavy (non-hydrogen) atoms. The van der Waals surface area contributed by atoms with Crippen LogP contribution in [0.1, 0.15) is 31.0 Å². The molecule has 0 radical (unpaired) electrons. The summed E-state index contributed by atoms with van der Waals surface area (Å²) >= 11 is 7.37.